The second kappa shape index (κ2) is 4.62. The predicted octanol–water partition coefficient (Wildman–Crippen LogP) is 2.27. The molecule has 0 aliphatic carbocycles. The van der Waals surface area contributed by atoms with Gasteiger partial charge in [-0.15, -0.1) is 0 Å². The first-order valence-corrected chi connectivity index (χ1v) is 4.92. The Hall–Kier alpha value is -1.14. The Morgan fingerprint density at radius 2 is 1.88 bits per heavy atom. The molecule has 2 nitrogen and oxygen atoms in total. The van der Waals surface area contributed by atoms with Gasteiger partial charge in [0, 0.05) is 6.54 Å². The monoisotopic (exact) mass is 251 g/mol. The van der Waals surface area contributed by atoms with E-state index in [0.717, 1.165) is 6.07 Å². The molecule has 0 radical (unpaired) electrons. The normalized spacial score (nSPS) is 15.7. The van der Waals surface area contributed by atoms with Crippen molar-refractivity contribution in [3.05, 3.63) is 35.1 Å². The fraction of sp³-hybridized carbons (Fsp3) is 0.455. The number of hydrogen-bond acceptors (Lipinski definition) is 2. The molecule has 0 aliphatic rings. The summed E-state index contributed by atoms with van der Waals surface area (Å²) in [7, 11) is 1.58. The van der Waals surface area contributed by atoms with Crippen LogP contribution in [0.3, 0.4) is 0 Å². The van der Waals surface area contributed by atoms with Crippen LogP contribution in [0.2, 0.25) is 0 Å². The van der Waals surface area contributed by atoms with E-state index in [-0.39, 0.29) is 12.1 Å². The Labute approximate surface area is 96.3 Å². The summed E-state index contributed by atoms with van der Waals surface area (Å²) in [5.74, 6) is -1.38. The first-order chi connectivity index (χ1) is 7.68. The fourth-order valence-corrected chi connectivity index (χ4v) is 1.53. The summed E-state index contributed by atoms with van der Waals surface area (Å²) in [6, 6.07) is 2.41. The van der Waals surface area contributed by atoms with E-state index in [1.807, 2.05) is 0 Å². The fourth-order valence-electron chi connectivity index (χ4n) is 1.53. The van der Waals surface area contributed by atoms with Crippen molar-refractivity contribution in [2.75, 3.05) is 13.6 Å². The highest BCUT2D eigenvalue weighted by molar-refractivity contribution is 5.30. The van der Waals surface area contributed by atoms with Crippen LogP contribution in [0.5, 0.6) is 0 Å². The molecular formula is C11H13F4NO. The number of likely N-dealkylation sites (N-methyl/N-ethyl adjacent to an activating group) is 1. The third-order valence-electron chi connectivity index (χ3n) is 2.42. The molecular weight excluding hydrogens is 238 g/mol. The van der Waals surface area contributed by atoms with E-state index in [9.17, 15) is 22.7 Å². The smallest absolute Gasteiger partial charge is 0.384 e. The molecule has 17 heavy (non-hydrogen) atoms. The molecule has 1 unspecified atom stereocenters. The highest BCUT2D eigenvalue weighted by Gasteiger charge is 2.35. The zero-order chi connectivity index (χ0) is 13.3. The van der Waals surface area contributed by atoms with Crippen LogP contribution in [0.25, 0.3) is 0 Å². The average Bonchev–Trinajstić information content (AvgIpc) is 2.15. The largest absolute Gasteiger partial charge is 0.419 e. The van der Waals surface area contributed by atoms with Crippen molar-refractivity contribution in [2.24, 2.45) is 0 Å². The topological polar surface area (TPSA) is 32.3 Å². The summed E-state index contributed by atoms with van der Waals surface area (Å²) >= 11 is 0. The van der Waals surface area contributed by atoms with Crippen LogP contribution in [0.15, 0.2) is 18.2 Å². The second-order valence-corrected chi connectivity index (χ2v) is 4.00. The highest BCUT2D eigenvalue weighted by Crippen LogP contribution is 2.33. The Balaban J connectivity index is 3.13. The lowest BCUT2D eigenvalue weighted by molar-refractivity contribution is -0.140. The number of aliphatic hydroxyl groups is 1. The summed E-state index contributed by atoms with van der Waals surface area (Å²) in [6.07, 6.45) is -4.72. The Morgan fingerprint density at radius 1 is 1.29 bits per heavy atom. The van der Waals surface area contributed by atoms with E-state index < -0.39 is 23.2 Å². The van der Waals surface area contributed by atoms with Gasteiger partial charge >= 0.3 is 6.18 Å². The summed E-state index contributed by atoms with van der Waals surface area (Å²) in [4.78, 5) is 0. The maximum Gasteiger partial charge on any atom is 0.419 e. The van der Waals surface area contributed by atoms with Crippen molar-refractivity contribution in [3.8, 4) is 0 Å². The molecule has 0 amide bonds. The maximum absolute atomic E-state index is 13.3. The van der Waals surface area contributed by atoms with Gasteiger partial charge < -0.3 is 10.4 Å². The molecule has 0 spiro atoms. The first kappa shape index (κ1) is 13.9. The Morgan fingerprint density at radius 3 is 2.29 bits per heavy atom. The van der Waals surface area contributed by atoms with Crippen molar-refractivity contribution < 1.29 is 22.7 Å². The number of halogens is 4. The summed E-state index contributed by atoms with van der Waals surface area (Å²) in [5, 5.41) is 12.6. The van der Waals surface area contributed by atoms with Gasteiger partial charge in [-0.05, 0) is 31.7 Å². The van der Waals surface area contributed by atoms with E-state index in [2.05, 4.69) is 5.32 Å². The lowest BCUT2D eigenvalue weighted by Crippen LogP contribution is -2.33. The highest BCUT2D eigenvalue weighted by atomic mass is 19.4. The first-order valence-electron chi connectivity index (χ1n) is 4.92. The summed E-state index contributed by atoms with van der Waals surface area (Å²) in [5.41, 5.74) is -2.65. The number of alkyl halides is 3. The van der Waals surface area contributed by atoms with E-state index in [1.165, 1.54) is 6.92 Å². The minimum atomic E-state index is -4.72. The Bertz CT molecular complexity index is 401. The molecule has 1 aromatic rings. The number of nitrogens with one attached hydrogen (secondary N) is 1. The van der Waals surface area contributed by atoms with Crippen LogP contribution in [-0.2, 0) is 11.8 Å². The van der Waals surface area contributed by atoms with Gasteiger partial charge in [-0.2, -0.15) is 13.2 Å². The third kappa shape index (κ3) is 3.17. The molecule has 1 rings (SSSR count). The molecule has 0 aromatic heterocycles. The Kier molecular flexibility index (Phi) is 3.78. The van der Waals surface area contributed by atoms with Gasteiger partial charge in [-0.3, -0.25) is 0 Å². The van der Waals surface area contributed by atoms with Gasteiger partial charge in [-0.1, -0.05) is 6.07 Å². The standard InChI is InChI=1S/C11H13F4NO/c1-10(17,6-16-2)7-3-4-8(9(12)5-7)11(13,14)15/h3-5,16-17H,6H2,1-2H3. The second-order valence-electron chi connectivity index (χ2n) is 4.00. The van der Waals surface area contributed by atoms with Crippen molar-refractivity contribution in [2.45, 2.75) is 18.7 Å². The van der Waals surface area contributed by atoms with Crippen molar-refractivity contribution in [3.63, 3.8) is 0 Å². The van der Waals surface area contributed by atoms with Crippen molar-refractivity contribution in [1.29, 1.82) is 0 Å². The van der Waals surface area contributed by atoms with Gasteiger partial charge in [0.1, 0.15) is 5.82 Å². The van der Waals surface area contributed by atoms with Gasteiger partial charge in [0.2, 0.25) is 0 Å². The van der Waals surface area contributed by atoms with Crippen LogP contribution < -0.4 is 5.32 Å². The van der Waals surface area contributed by atoms with Crippen LogP contribution in [0.4, 0.5) is 17.6 Å². The van der Waals surface area contributed by atoms with Gasteiger partial charge in [0.25, 0.3) is 0 Å². The zero-order valence-corrected chi connectivity index (χ0v) is 9.40. The predicted molar refractivity (Wildman–Crippen MR) is 54.9 cm³/mol. The van der Waals surface area contributed by atoms with Crippen molar-refractivity contribution >= 4 is 0 Å². The molecule has 1 atom stereocenters. The molecule has 0 saturated heterocycles. The molecule has 1 aromatic carbocycles. The quantitative estimate of drug-likeness (QED) is 0.808. The third-order valence-corrected chi connectivity index (χ3v) is 2.42. The lowest BCUT2D eigenvalue weighted by atomic mass is 9.94. The molecule has 0 aliphatic heterocycles. The van der Waals surface area contributed by atoms with Crippen LogP contribution in [0, 0.1) is 5.82 Å². The number of hydrogen-bond donors (Lipinski definition) is 2. The molecule has 96 valence electrons. The molecule has 0 heterocycles. The number of rotatable bonds is 3. The molecule has 0 fully saturated rings. The maximum atomic E-state index is 13.3. The minimum absolute atomic E-state index is 0.0948. The van der Waals surface area contributed by atoms with Gasteiger partial charge in [0.05, 0.1) is 11.2 Å². The molecule has 2 N–H and O–H groups in total. The van der Waals surface area contributed by atoms with E-state index in [0.29, 0.717) is 12.1 Å². The zero-order valence-electron chi connectivity index (χ0n) is 9.40. The minimum Gasteiger partial charge on any atom is -0.384 e. The molecule has 6 heteroatoms. The van der Waals surface area contributed by atoms with E-state index in [4.69, 9.17) is 0 Å². The number of benzene rings is 1. The SMILES string of the molecule is CNCC(C)(O)c1ccc(C(F)(F)F)c(F)c1. The van der Waals surface area contributed by atoms with Crippen LogP contribution >= 0.6 is 0 Å². The van der Waals surface area contributed by atoms with Crippen LogP contribution in [0.1, 0.15) is 18.1 Å². The molecule has 0 saturated carbocycles. The van der Waals surface area contributed by atoms with Crippen molar-refractivity contribution in [1.82, 2.24) is 5.32 Å². The van der Waals surface area contributed by atoms with E-state index in [1.54, 1.807) is 7.05 Å². The van der Waals surface area contributed by atoms with E-state index >= 15 is 0 Å². The van der Waals surface area contributed by atoms with Crippen LogP contribution in [-0.4, -0.2) is 18.7 Å². The summed E-state index contributed by atoms with van der Waals surface area (Å²) < 4.78 is 50.2. The molecule has 0 bridgehead atoms. The van der Waals surface area contributed by atoms with Gasteiger partial charge in [0.15, 0.2) is 0 Å². The lowest BCUT2D eigenvalue weighted by Gasteiger charge is -2.24. The average molecular weight is 251 g/mol. The summed E-state index contributed by atoms with van der Waals surface area (Å²) in [6.45, 7) is 1.50. The van der Waals surface area contributed by atoms with Gasteiger partial charge in [-0.25, -0.2) is 4.39 Å².